The minimum absolute atomic E-state index is 0.257. The molecule has 0 spiro atoms. The standard InChI is InChI=1S/C13H10F2N4/c1-7-4-8(10(15)5-9(7)14)11-6-18-12(16)13-17-2-3-19(11)13/h2-6H,1H3,(H2,16,18). The van der Waals surface area contributed by atoms with Crippen molar-refractivity contribution in [3.8, 4) is 11.3 Å². The van der Waals surface area contributed by atoms with Gasteiger partial charge in [-0.2, -0.15) is 0 Å². The van der Waals surface area contributed by atoms with Gasteiger partial charge in [0.05, 0.1) is 11.9 Å². The molecule has 2 N–H and O–H groups in total. The number of benzene rings is 1. The van der Waals surface area contributed by atoms with E-state index in [0.717, 1.165) is 6.07 Å². The number of aromatic nitrogens is 3. The molecule has 0 bridgehead atoms. The van der Waals surface area contributed by atoms with Crippen molar-refractivity contribution in [1.29, 1.82) is 0 Å². The van der Waals surface area contributed by atoms with Gasteiger partial charge in [0, 0.05) is 24.0 Å². The normalized spacial score (nSPS) is 11.1. The van der Waals surface area contributed by atoms with Crippen LogP contribution in [0.15, 0.2) is 30.7 Å². The van der Waals surface area contributed by atoms with Crippen LogP contribution in [0, 0.1) is 18.6 Å². The van der Waals surface area contributed by atoms with Crippen molar-refractivity contribution in [3.05, 3.63) is 47.9 Å². The first-order valence-electron chi connectivity index (χ1n) is 5.61. The van der Waals surface area contributed by atoms with Gasteiger partial charge in [0.15, 0.2) is 11.5 Å². The van der Waals surface area contributed by atoms with Gasteiger partial charge in [-0.3, -0.25) is 4.40 Å². The molecule has 0 saturated carbocycles. The van der Waals surface area contributed by atoms with E-state index in [1.165, 1.54) is 12.3 Å². The van der Waals surface area contributed by atoms with Gasteiger partial charge >= 0.3 is 0 Å². The molecule has 6 heteroatoms. The van der Waals surface area contributed by atoms with Crippen LogP contribution in [0.3, 0.4) is 0 Å². The van der Waals surface area contributed by atoms with Crippen LogP contribution in [0.5, 0.6) is 0 Å². The molecule has 0 aliphatic heterocycles. The minimum atomic E-state index is -0.648. The number of aryl methyl sites for hydroxylation is 1. The molecular weight excluding hydrogens is 250 g/mol. The maximum absolute atomic E-state index is 13.9. The molecule has 19 heavy (non-hydrogen) atoms. The van der Waals surface area contributed by atoms with E-state index in [-0.39, 0.29) is 11.4 Å². The summed E-state index contributed by atoms with van der Waals surface area (Å²) in [5.41, 5.74) is 7.23. The number of nitrogens with two attached hydrogens (primary N) is 1. The fourth-order valence-electron chi connectivity index (χ4n) is 1.99. The molecule has 1 aromatic carbocycles. The number of fused-ring (bicyclic) bond motifs is 1. The fraction of sp³-hybridized carbons (Fsp3) is 0.0769. The van der Waals surface area contributed by atoms with Gasteiger partial charge in [-0.1, -0.05) is 0 Å². The zero-order chi connectivity index (χ0) is 13.6. The van der Waals surface area contributed by atoms with Crippen molar-refractivity contribution in [1.82, 2.24) is 14.4 Å². The van der Waals surface area contributed by atoms with Crippen LogP contribution < -0.4 is 5.73 Å². The molecule has 0 amide bonds. The predicted octanol–water partition coefficient (Wildman–Crippen LogP) is 2.57. The SMILES string of the molecule is Cc1cc(-c2cnc(N)c3nccn23)c(F)cc1F. The molecule has 96 valence electrons. The van der Waals surface area contributed by atoms with Crippen LogP contribution in [-0.2, 0) is 0 Å². The van der Waals surface area contributed by atoms with E-state index >= 15 is 0 Å². The lowest BCUT2D eigenvalue weighted by Crippen LogP contribution is -2.01. The third kappa shape index (κ3) is 1.72. The van der Waals surface area contributed by atoms with Crippen LogP contribution in [0.2, 0.25) is 0 Å². The number of anilines is 1. The fourth-order valence-corrected chi connectivity index (χ4v) is 1.99. The first-order chi connectivity index (χ1) is 9.08. The predicted molar refractivity (Wildman–Crippen MR) is 67.5 cm³/mol. The zero-order valence-electron chi connectivity index (χ0n) is 10.1. The monoisotopic (exact) mass is 260 g/mol. The lowest BCUT2D eigenvalue weighted by atomic mass is 10.1. The number of halogens is 2. The summed E-state index contributed by atoms with van der Waals surface area (Å²) in [7, 11) is 0. The Morgan fingerprint density at radius 2 is 1.95 bits per heavy atom. The van der Waals surface area contributed by atoms with Crippen LogP contribution in [0.25, 0.3) is 16.9 Å². The maximum Gasteiger partial charge on any atom is 0.180 e. The molecule has 3 rings (SSSR count). The number of nitrogens with zero attached hydrogens (tertiary/aromatic N) is 3. The van der Waals surface area contributed by atoms with Crippen LogP contribution in [-0.4, -0.2) is 14.4 Å². The van der Waals surface area contributed by atoms with Crippen LogP contribution in [0.1, 0.15) is 5.56 Å². The molecule has 0 aliphatic carbocycles. The molecule has 2 aromatic heterocycles. The third-order valence-electron chi connectivity index (χ3n) is 2.98. The van der Waals surface area contributed by atoms with Gasteiger partial charge in [0.1, 0.15) is 11.6 Å². The van der Waals surface area contributed by atoms with Crippen molar-refractivity contribution >= 4 is 11.5 Å². The van der Waals surface area contributed by atoms with E-state index in [9.17, 15) is 8.78 Å². The summed E-state index contributed by atoms with van der Waals surface area (Å²) in [6.45, 7) is 1.58. The second-order valence-electron chi connectivity index (χ2n) is 4.23. The Labute approximate surface area is 107 Å². The highest BCUT2D eigenvalue weighted by Crippen LogP contribution is 2.26. The molecule has 0 fully saturated rings. The van der Waals surface area contributed by atoms with Crippen molar-refractivity contribution in [2.75, 3.05) is 5.73 Å². The summed E-state index contributed by atoms with van der Waals surface area (Å²) in [5.74, 6) is -0.968. The van der Waals surface area contributed by atoms with Crippen molar-refractivity contribution in [2.24, 2.45) is 0 Å². The lowest BCUT2D eigenvalue weighted by molar-refractivity contribution is 0.579. The highest BCUT2D eigenvalue weighted by molar-refractivity contribution is 5.69. The maximum atomic E-state index is 13.9. The Balaban J connectivity index is 2.34. The van der Waals surface area contributed by atoms with Gasteiger partial charge in [-0.15, -0.1) is 0 Å². The summed E-state index contributed by atoms with van der Waals surface area (Å²) in [6.07, 6.45) is 4.64. The van der Waals surface area contributed by atoms with E-state index in [1.807, 2.05) is 0 Å². The Morgan fingerprint density at radius 3 is 2.74 bits per heavy atom. The Morgan fingerprint density at radius 1 is 1.16 bits per heavy atom. The molecule has 0 saturated heterocycles. The van der Waals surface area contributed by atoms with Gasteiger partial charge in [0.2, 0.25) is 0 Å². The molecular formula is C13H10F2N4. The average Bonchev–Trinajstić information content (AvgIpc) is 2.85. The first kappa shape index (κ1) is 11.6. The summed E-state index contributed by atoms with van der Waals surface area (Å²) < 4.78 is 28.8. The van der Waals surface area contributed by atoms with E-state index in [2.05, 4.69) is 9.97 Å². The highest BCUT2D eigenvalue weighted by Gasteiger charge is 2.14. The Hall–Kier alpha value is -2.50. The number of hydrogen-bond acceptors (Lipinski definition) is 3. The van der Waals surface area contributed by atoms with Gasteiger partial charge in [-0.05, 0) is 18.6 Å². The first-order valence-corrected chi connectivity index (χ1v) is 5.61. The summed E-state index contributed by atoms with van der Waals surface area (Å²) in [6, 6.07) is 2.31. The number of rotatable bonds is 1. The van der Waals surface area contributed by atoms with E-state index < -0.39 is 11.6 Å². The Bertz CT molecular complexity index is 780. The van der Waals surface area contributed by atoms with Gasteiger partial charge in [0.25, 0.3) is 0 Å². The molecule has 4 nitrogen and oxygen atoms in total. The smallest absolute Gasteiger partial charge is 0.180 e. The van der Waals surface area contributed by atoms with Crippen LogP contribution >= 0.6 is 0 Å². The number of nitrogen functional groups attached to an aromatic ring is 1. The summed E-state index contributed by atoms with van der Waals surface area (Å²) in [4.78, 5) is 8.04. The third-order valence-corrected chi connectivity index (χ3v) is 2.98. The van der Waals surface area contributed by atoms with E-state index in [0.29, 0.717) is 16.9 Å². The molecule has 0 aliphatic rings. The highest BCUT2D eigenvalue weighted by atomic mass is 19.1. The summed E-state index contributed by atoms with van der Waals surface area (Å²) >= 11 is 0. The Kier molecular flexibility index (Phi) is 2.45. The topological polar surface area (TPSA) is 56.2 Å². The molecule has 0 unspecified atom stereocenters. The molecule has 3 aromatic rings. The minimum Gasteiger partial charge on any atom is -0.381 e. The lowest BCUT2D eigenvalue weighted by Gasteiger charge is -2.09. The molecule has 2 heterocycles. The van der Waals surface area contributed by atoms with Crippen molar-refractivity contribution in [3.63, 3.8) is 0 Å². The van der Waals surface area contributed by atoms with Gasteiger partial charge < -0.3 is 5.73 Å². The van der Waals surface area contributed by atoms with E-state index in [1.54, 1.807) is 23.7 Å². The average molecular weight is 260 g/mol. The zero-order valence-corrected chi connectivity index (χ0v) is 10.1. The number of imidazole rings is 1. The molecule has 0 atom stereocenters. The quantitative estimate of drug-likeness (QED) is 0.731. The van der Waals surface area contributed by atoms with Crippen molar-refractivity contribution in [2.45, 2.75) is 6.92 Å². The van der Waals surface area contributed by atoms with Crippen LogP contribution in [0.4, 0.5) is 14.6 Å². The summed E-state index contributed by atoms with van der Waals surface area (Å²) in [5, 5.41) is 0. The van der Waals surface area contributed by atoms with Crippen molar-refractivity contribution < 1.29 is 8.78 Å². The largest absolute Gasteiger partial charge is 0.381 e. The van der Waals surface area contributed by atoms with Gasteiger partial charge in [-0.25, -0.2) is 18.7 Å². The van der Waals surface area contributed by atoms with E-state index in [4.69, 9.17) is 5.73 Å². The number of hydrogen-bond donors (Lipinski definition) is 1. The molecule has 0 radical (unpaired) electrons. The second kappa shape index (κ2) is 4.01. The second-order valence-corrected chi connectivity index (χ2v) is 4.23.